The Balaban J connectivity index is 2.15. The highest BCUT2D eigenvalue weighted by molar-refractivity contribution is 6.30. The van der Waals surface area contributed by atoms with Gasteiger partial charge in [0.2, 0.25) is 0 Å². The minimum Gasteiger partial charge on any atom is -0.465 e. The van der Waals surface area contributed by atoms with Crippen LogP contribution >= 0.6 is 11.6 Å². The predicted molar refractivity (Wildman–Crippen MR) is 137 cm³/mol. The number of hydrogen-bond acceptors (Lipinski definition) is 3. The van der Waals surface area contributed by atoms with Crippen molar-refractivity contribution >= 4 is 17.7 Å². The van der Waals surface area contributed by atoms with Gasteiger partial charge in [0.25, 0.3) is 0 Å². The normalized spacial score (nSPS) is 20.7. The van der Waals surface area contributed by atoms with Crippen LogP contribution < -0.4 is 0 Å². The average molecular weight is 488 g/mol. The van der Waals surface area contributed by atoms with Crippen LogP contribution in [0.5, 0.6) is 0 Å². The Morgan fingerprint density at radius 1 is 1.12 bits per heavy atom. The van der Waals surface area contributed by atoms with Crippen molar-refractivity contribution in [1.29, 1.82) is 0 Å². The minimum absolute atomic E-state index is 0.242. The van der Waals surface area contributed by atoms with Gasteiger partial charge in [-0.2, -0.15) is 0 Å². The molecule has 3 rings (SSSR count). The number of carbonyl (C=O) groups is 1. The molecule has 2 aromatic rings. The largest absolute Gasteiger partial charge is 0.465 e. The van der Waals surface area contributed by atoms with E-state index in [1.807, 2.05) is 48.5 Å². The summed E-state index contributed by atoms with van der Waals surface area (Å²) < 4.78 is 5.26. The fourth-order valence-corrected chi connectivity index (χ4v) is 5.81. The Labute approximate surface area is 208 Å². The fourth-order valence-electron chi connectivity index (χ4n) is 5.68. The number of amides is 1. The number of rotatable bonds is 8. The molecule has 2 N–H and O–H groups in total. The standard InChI is InChI=1S/C28H38ClNO4/c1-27(2,3)25-24(12-9-18-30(25)26(31)32)28(33,17-7-8-19-34-4)23-11-6-5-10-22(23)20-13-15-21(29)16-14-20/h5-6,10-11,13-16,24-25,33H,7-9,12,17-19H2,1-4H3,(H,31,32)/t24-,25?,28-/m1/s1. The molecule has 0 aromatic heterocycles. The topological polar surface area (TPSA) is 70.0 Å². The zero-order valence-electron chi connectivity index (χ0n) is 20.8. The number of benzene rings is 2. The summed E-state index contributed by atoms with van der Waals surface area (Å²) >= 11 is 6.14. The van der Waals surface area contributed by atoms with Crippen LogP contribution in [-0.2, 0) is 10.3 Å². The molecule has 0 aliphatic carbocycles. The molecule has 1 heterocycles. The van der Waals surface area contributed by atoms with Crippen molar-refractivity contribution in [1.82, 2.24) is 4.90 Å². The van der Waals surface area contributed by atoms with Crippen LogP contribution in [0.15, 0.2) is 48.5 Å². The van der Waals surface area contributed by atoms with Gasteiger partial charge in [0.15, 0.2) is 0 Å². The molecule has 2 aromatic carbocycles. The summed E-state index contributed by atoms with van der Waals surface area (Å²) in [6.45, 7) is 7.34. The van der Waals surface area contributed by atoms with Gasteiger partial charge in [0, 0.05) is 37.2 Å². The predicted octanol–water partition coefficient (Wildman–Crippen LogP) is 6.82. The average Bonchev–Trinajstić information content (AvgIpc) is 2.81. The first kappa shape index (κ1) is 26.5. The molecule has 5 nitrogen and oxygen atoms in total. The Hall–Kier alpha value is -2.08. The lowest BCUT2D eigenvalue weighted by atomic mass is 9.63. The smallest absolute Gasteiger partial charge is 0.407 e. The van der Waals surface area contributed by atoms with Gasteiger partial charge in [-0.1, -0.05) is 68.8 Å². The molecule has 34 heavy (non-hydrogen) atoms. The minimum atomic E-state index is -1.20. The van der Waals surface area contributed by atoms with Gasteiger partial charge in [0.1, 0.15) is 0 Å². The summed E-state index contributed by atoms with van der Waals surface area (Å²) in [5.74, 6) is -0.242. The first-order valence-electron chi connectivity index (χ1n) is 12.2. The summed E-state index contributed by atoms with van der Waals surface area (Å²) in [6, 6.07) is 15.3. The van der Waals surface area contributed by atoms with Crippen LogP contribution in [-0.4, -0.2) is 47.5 Å². The number of nitrogens with zero attached hydrogens (tertiary/aromatic N) is 1. The van der Waals surface area contributed by atoms with Crippen LogP contribution in [0.3, 0.4) is 0 Å². The third-order valence-electron chi connectivity index (χ3n) is 7.08. The number of piperidine rings is 1. The van der Waals surface area contributed by atoms with Gasteiger partial charge in [-0.3, -0.25) is 0 Å². The molecule has 1 saturated heterocycles. The fraction of sp³-hybridized carbons (Fsp3) is 0.536. The molecular formula is C28H38ClNO4. The molecular weight excluding hydrogens is 450 g/mol. The van der Waals surface area contributed by atoms with Crippen LogP contribution in [0.1, 0.15) is 58.4 Å². The van der Waals surface area contributed by atoms with Gasteiger partial charge < -0.3 is 19.8 Å². The summed E-state index contributed by atoms with van der Waals surface area (Å²) in [6.07, 6.45) is 2.72. The van der Waals surface area contributed by atoms with Crippen molar-refractivity contribution in [3.63, 3.8) is 0 Å². The molecule has 1 fully saturated rings. The maximum atomic E-state index is 12.7. The maximum absolute atomic E-state index is 12.7. The SMILES string of the molecule is COCCCC[C@@](O)(c1ccccc1-c1ccc(Cl)cc1)[C@@H]1CCCN(C(=O)O)C1C(C)(C)C. The number of ether oxygens (including phenoxy) is 1. The molecule has 1 unspecified atom stereocenters. The van der Waals surface area contributed by atoms with Gasteiger partial charge in [-0.05, 0) is 66.3 Å². The highest BCUT2D eigenvalue weighted by atomic mass is 35.5. The number of methoxy groups -OCH3 is 1. The zero-order valence-corrected chi connectivity index (χ0v) is 21.5. The molecule has 3 atom stereocenters. The van der Waals surface area contributed by atoms with Crippen LogP contribution in [0, 0.1) is 11.3 Å². The second-order valence-electron chi connectivity index (χ2n) is 10.5. The Kier molecular flexibility index (Phi) is 8.66. The van der Waals surface area contributed by atoms with Gasteiger partial charge in [-0.25, -0.2) is 4.79 Å². The van der Waals surface area contributed by atoms with E-state index in [2.05, 4.69) is 20.8 Å². The molecule has 186 valence electrons. The second-order valence-corrected chi connectivity index (χ2v) is 10.9. The monoisotopic (exact) mass is 487 g/mol. The molecule has 6 heteroatoms. The van der Waals surface area contributed by atoms with E-state index in [-0.39, 0.29) is 17.4 Å². The second kappa shape index (κ2) is 11.1. The van der Waals surface area contributed by atoms with E-state index in [1.165, 1.54) is 0 Å². The van der Waals surface area contributed by atoms with E-state index in [0.29, 0.717) is 24.6 Å². The van der Waals surface area contributed by atoms with Crippen molar-refractivity contribution in [3.05, 3.63) is 59.1 Å². The maximum Gasteiger partial charge on any atom is 0.407 e. The first-order valence-corrected chi connectivity index (χ1v) is 12.5. The molecule has 1 aliphatic rings. The number of likely N-dealkylation sites (tertiary alicyclic amines) is 1. The lowest BCUT2D eigenvalue weighted by Gasteiger charge is -2.52. The van der Waals surface area contributed by atoms with Gasteiger partial charge in [-0.15, -0.1) is 0 Å². The number of aliphatic hydroxyl groups is 1. The number of carboxylic acid groups (broad SMARTS) is 1. The first-order chi connectivity index (χ1) is 16.1. The molecule has 0 spiro atoms. The summed E-state index contributed by atoms with van der Waals surface area (Å²) in [5.41, 5.74) is 1.25. The number of unbranched alkanes of at least 4 members (excludes halogenated alkanes) is 1. The third kappa shape index (κ3) is 5.76. The van der Waals surface area contributed by atoms with Crippen molar-refractivity contribution in [3.8, 4) is 11.1 Å². The number of halogens is 1. The van der Waals surface area contributed by atoms with E-state index in [0.717, 1.165) is 42.4 Å². The molecule has 0 radical (unpaired) electrons. The van der Waals surface area contributed by atoms with E-state index < -0.39 is 11.7 Å². The molecule has 1 aliphatic heterocycles. The quantitative estimate of drug-likeness (QED) is 0.401. The van der Waals surface area contributed by atoms with E-state index in [4.69, 9.17) is 16.3 Å². The summed E-state index contributed by atoms with van der Waals surface area (Å²) in [7, 11) is 1.68. The van der Waals surface area contributed by atoms with Crippen molar-refractivity contribution < 1.29 is 19.7 Å². The van der Waals surface area contributed by atoms with E-state index >= 15 is 0 Å². The van der Waals surface area contributed by atoms with Crippen molar-refractivity contribution in [2.24, 2.45) is 11.3 Å². The highest BCUT2D eigenvalue weighted by Crippen LogP contribution is 2.49. The Morgan fingerprint density at radius 3 is 2.41 bits per heavy atom. The van der Waals surface area contributed by atoms with Crippen molar-refractivity contribution in [2.75, 3.05) is 20.3 Å². The van der Waals surface area contributed by atoms with Crippen LogP contribution in [0.25, 0.3) is 11.1 Å². The summed E-state index contributed by atoms with van der Waals surface area (Å²) in [5, 5.41) is 23.4. The third-order valence-corrected chi connectivity index (χ3v) is 7.33. The lowest BCUT2D eigenvalue weighted by molar-refractivity contribution is -0.106. The Bertz CT molecular complexity index is 956. The van der Waals surface area contributed by atoms with Crippen LogP contribution in [0.2, 0.25) is 5.02 Å². The van der Waals surface area contributed by atoms with Gasteiger partial charge >= 0.3 is 6.09 Å². The molecule has 1 amide bonds. The van der Waals surface area contributed by atoms with E-state index in [1.54, 1.807) is 12.0 Å². The summed E-state index contributed by atoms with van der Waals surface area (Å²) in [4.78, 5) is 13.8. The highest BCUT2D eigenvalue weighted by Gasteiger charge is 2.51. The van der Waals surface area contributed by atoms with Crippen LogP contribution in [0.4, 0.5) is 4.79 Å². The zero-order chi connectivity index (χ0) is 24.9. The molecule has 0 saturated carbocycles. The number of hydrogen-bond donors (Lipinski definition) is 2. The lowest BCUT2D eigenvalue weighted by Crippen LogP contribution is -2.59. The Morgan fingerprint density at radius 2 is 1.79 bits per heavy atom. The van der Waals surface area contributed by atoms with Crippen molar-refractivity contribution in [2.45, 2.75) is 64.5 Å². The van der Waals surface area contributed by atoms with E-state index in [9.17, 15) is 15.0 Å². The van der Waals surface area contributed by atoms with Gasteiger partial charge in [0.05, 0.1) is 5.60 Å². The molecule has 0 bridgehead atoms.